The fourth-order valence-corrected chi connectivity index (χ4v) is 2.47. The SMILES string of the molecule is Cc1cccc(C(C)C)c1NC(=O)NCCc1ccc(F)cc1. The molecule has 0 aliphatic carbocycles. The highest BCUT2D eigenvalue weighted by Crippen LogP contribution is 2.27. The Hall–Kier alpha value is -2.36. The van der Waals surface area contributed by atoms with Crippen molar-refractivity contribution in [1.82, 2.24) is 5.32 Å². The number of rotatable bonds is 5. The van der Waals surface area contributed by atoms with E-state index in [1.807, 2.05) is 25.1 Å². The molecule has 0 radical (unpaired) electrons. The Kier molecular flexibility index (Phi) is 5.74. The van der Waals surface area contributed by atoms with Gasteiger partial charge >= 0.3 is 6.03 Å². The quantitative estimate of drug-likeness (QED) is 0.830. The molecule has 0 saturated heterocycles. The van der Waals surface area contributed by atoms with Gasteiger partial charge in [0, 0.05) is 12.2 Å². The highest BCUT2D eigenvalue weighted by atomic mass is 19.1. The number of aryl methyl sites for hydroxylation is 1. The Morgan fingerprint density at radius 1 is 1.13 bits per heavy atom. The number of hydrogen-bond acceptors (Lipinski definition) is 1. The van der Waals surface area contributed by atoms with Crippen LogP contribution >= 0.6 is 0 Å². The van der Waals surface area contributed by atoms with E-state index in [0.717, 1.165) is 22.4 Å². The van der Waals surface area contributed by atoms with Gasteiger partial charge in [-0.2, -0.15) is 0 Å². The monoisotopic (exact) mass is 314 g/mol. The Bertz CT molecular complexity index is 666. The van der Waals surface area contributed by atoms with Gasteiger partial charge in [-0.3, -0.25) is 0 Å². The molecule has 122 valence electrons. The Labute approximate surface area is 136 Å². The van der Waals surface area contributed by atoms with Crippen LogP contribution in [0.2, 0.25) is 0 Å². The second-order valence-electron chi connectivity index (χ2n) is 5.95. The van der Waals surface area contributed by atoms with Gasteiger partial charge in [-0.25, -0.2) is 9.18 Å². The number of benzene rings is 2. The van der Waals surface area contributed by atoms with Crippen LogP contribution in [0.1, 0.15) is 36.5 Å². The van der Waals surface area contributed by atoms with E-state index in [9.17, 15) is 9.18 Å². The van der Waals surface area contributed by atoms with E-state index in [1.54, 1.807) is 12.1 Å². The van der Waals surface area contributed by atoms with Crippen molar-refractivity contribution in [3.63, 3.8) is 0 Å². The zero-order valence-corrected chi connectivity index (χ0v) is 13.8. The molecule has 0 unspecified atom stereocenters. The van der Waals surface area contributed by atoms with Gasteiger partial charge in [0.15, 0.2) is 0 Å². The molecular formula is C19H23FN2O. The van der Waals surface area contributed by atoms with Gasteiger partial charge in [-0.1, -0.05) is 44.2 Å². The van der Waals surface area contributed by atoms with Gasteiger partial charge < -0.3 is 10.6 Å². The maximum Gasteiger partial charge on any atom is 0.319 e. The first-order chi connectivity index (χ1) is 11.0. The third-order valence-corrected chi connectivity index (χ3v) is 3.78. The number of nitrogens with one attached hydrogen (secondary N) is 2. The summed E-state index contributed by atoms with van der Waals surface area (Å²) < 4.78 is 12.8. The van der Waals surface area contributed by atoms with Gasteiger partial charge in [0.05, 0.1) is 0 Å². The molecule has 3 nitrogen and oxygen atoms in total. The molecule has 0 aromatic heterocycles. The second-order valence-corrected chi connectivity index (χ2v) is 5.95. The average Bonchev–Trinajstić information content (AvgIpc) is 2.51. The van der Waals surface area contributed by atoms with Crippen molar-refractivity contribution < 1.29 is 9.18 Å². The molecule has 2 rings (SSSR count). The molecule has 23 heavy (non-hydrogen) atoms. The van der Waals surface area contributed by atoms with E-state index < -0.39 is 0 Å². The summed E-state index contributed by atoms with van der Waals surface area (Å²) in [5.41, 5.74) is 4.04. The molecule has 4 heteroatoms. The molecular weight excluding hydrogens is 291 g/mol. The average molecular weight is 314 g/mol. The van der Waals surface area contributed by atoms with Gasteiger partial charge in [-0.15, -0.1) is 0 Å². The lowest BCUT2D eigenvalue weighted by molar-refractivity contribution is 0.252. The molecule has 2 aromatic rings. The van der Waals surface area contributed by atoms with Crippen LogP contribution in [-0.4, -0.2) is 12.6 Å². The maximum atomic E-state index is 12.8. The smallest absolute Gasteiger partial charge is 0.319 e. The van der Waals surface area contributed by atoms with E-state index in [0.29, 0.717) is 18.9 Å². The Balaban J connectivity index is 1.91. The molecule has 2 amide bonds. The van der Waals surface area contributed by atoms with E-state index in [4.69, 9.17) is 0 Å². The standard InChI is InChI=1S/C19H23FN2O/c1-13(2)17-6-4-5-14(3)18(17)22-19(23)21-12-11-15-7-9-16(20)10-8-15/h4-10,13H,11-12H2,1-3H3,(H2,21,22,23). The predicted octanol–water partition coefficient (Wildman–Crippen LogP) is 4.62. The number of amides is 2. The first-order valence-corrected chi connectivity index (χ1v) is 7.86. The molecule has 0 aliphatic rings. The molecule has 0 aliphatic heterocycles. The van der Waals surface area contributed by atoms with Gasteiger partial charge in [-0.05, 0) is 48.1 Å². The summed E-state index contributed by atoms with van der Waals surface area (Å²) in [6.07, 6.45) is 0.665. The summed E-state index contributed by atoms with van der Waals surface area (Å²) in [6.45, 7) is 6.69. The molecule has 0 fully saturated rings. The summed E-state index contributed by atoms with van der Waals surface area (Å²) in [5, 5.41) is 5.79. The normalized spacial score (nSPS) is 10.7. The fraction of sp³-hybridized carbons (Fsp3) is 0.316. The highest BCUT2D eigenvalue weighted by molar-refractivity contribution is 5.91. The zero-order chi connectivity index (χ0) is 16.8. The minimum Gasteiger partial charge on any atom is -0.338 e. The Morgan fingerprint density at radius 3 is 2.48 bits per heavy atom. The van der Waals surface area contributed by atoms with Gasteiger partial charge in [0.2, 0.25) is 0 Å². The summed E-state index contributed by atoms with van der Waals surface area (Å²) in [6, 6.07) is 12.1. The Morgan fingerprint density at radius 2 is 1.83 bits per heavy atom. The molecule has 2 N–H and O–H groups in total. The van der Waals surface area contributed by atoms with Crippen molar-refractivity contribution >= 4 is 11.7 Å². The number of hydrogen-bond donors (Lipinski definition) is 2. The molecule has 0 heterocycles. The van der Waals surface area contributed by atoms with Crippen LogP contribution in [0.5, 0.6) is 0 Å². The molecule has 0 atom stereocenters. The topological polar surface area (TPSA) is 41.1 Å². The van der Waals surface area contributed by atoms with Crippen molar-refractivity contribution in [2.45, 2.75) is 33.1 Å². The first-order valence-electron chi connectivity index (χ1n) is 7.86. The number of carbonyl (C=O) groups is 1. The van der Waals surface area contributed by atoms with Gasteiger partial charge in [0.25, 0.3) is 0 Å². The predicted molar refractivity (Wildman–Crippen MR) is 92.4 cm³/mol. The lowest BCUT2D eigenvalue weighted by atomic mass is 9.98. The van der Waals surface area contributed by atoms with Crippen LogP contribution in [0, 0.1) is 12.7 Å². The first kappa shape index (κ1) is 17.0. The van der Waals surface area contributed by atoms with Crippen molar-refractivity contribution in [2.24, 2.45) is 0 Å². The van der Waals surface area contributed by atoms with Crippen molar-refractivity contribution in [2.75, 3.05) is 11.9 Å². The van der Waals surface area contributed by atoms with Crippen molar-refractivity contribution in [3.8, 4) is 0 Å². The minimum atomic E-state index is -0.250. The van der Waals surface area contributed by atoms with Crippen LogP contribution in [0.3, 0.4) is 0 Å². The summed E-state index contributed by atoms with van der Waals surface area (Å²) in [7, 11) is 0. The van der Waals surface area contributed by atoms with E-state index in [2.05, 4.69) is 24.5 Å². The van der Waals surface area contributed by atoms with Crippen molar-refractivity contribution in [1.29, 1.82) is 0 Å². The fourth-order valence-electron chi connectivity index (χ4n) is 2.47. The second kappa shape index (κ2) is 7.77. The van der Waals surface area contributed by atoms with Gasteiger partial charge in [0.1, 0.15) is 5.82 Å². The maximum absolute atomic E-state index is 12.8. The number of carbonyl (C=O) groups excluding carboxylic acids is 1. The van der Waals surface area contributed by atoms with Crippen LogP contribution in [0.15, 0.2) is 42.5 Å². The summed E-state index contributed by atoms with van der Waals surface area (Å²) in [5.74, 6) is 0.0876. The summed E-state index contributed by atoms with van der Waals surface area (Å²) >= 11 is 0. The number of halogens is 1. The molecule has 2 aromatic carbocycles. The number of anilines is 1. The van der Waals surface area contributed by atoms with E-state index >= 15 is 0 Å². The lowest BCUT2D eigenvalue weighted by Gasteiger charge is -2.16. The zero-order valence-electron chi connectivity index (χ0n) is 13.8. The van der Waals surface area contributed by atoms with Crippen LogP contribution in [0.25, 0.3) is 0 Å². The highest BCUT2D eigenvalue weighted by Gasteiger charge is 2.11. The number of urea groups is 1. The molecule has 0 spiro atoms. The minimum absolute atomic E-state index is 0.219. The van der Waals surface area contributed by atoms with Crippen LogP contribution < -0.4 is 10.6 Å². The van der Waals surface area contributed by atoms with E-state index in [1.165, 1.54) is 12.1 Å². The molecule has 0 bridgehead atoms. The molecule has 0 saturated carbocycles. The van der Waals surface area contributed by atoms with Crippen LogP contribution in [0.4, 0.5) is 14.9 Å². The largest absolute Gasteiger partial charge is 0.338 e. The third-order valence-electron chi connectivity index (χ3n) is 3.78. The summed E-state index contributed by atoms with van der Waals surface area (Å²) in [4.78, 5) is 12.1. The number of para-hydroxylation sites is 1. The van der Waals surface area contributed by atoms with Crippen LogP contribution in [-0.2, 0) is 6.42 Å². The lowest BCUT2D eigenvalue weighted by Crippen LogP contribution is -2.31. The third kappa shape index (κ3) is 4.81. The van der Waals surface area contributed by atoms with E-state index in [-0.39, 0.29) is 11.8 Å². The van der Waals surface area contributed by atoms with Crippen molar-refractivity contribution in [3.05, 3.63) is 65.0 Å².